The zero-order valence-corrected chi connectivity index (χ0v) is 22.2. The molecule has 1 heterocycles. The van der Waals surface area contributed by atoms with Gasteiger partial charge in [-0.25, -0.2) is 0 Å². The molecule has 1 unspecified atom stereocenters. The summed E-state index contributed by atoms with van der Waals surface area (Å²) in [4.78, 5) is 30.6. The third-order valence-corrected chi connectivity index (χ3v) is 6.78. The first-order chi connectivity index (χ1) is 18.4. The molecule has 0 bridgehead atoms. The van der Waals surface area contributed by atoms with Crippen LogP contribution in [-0.4, -0.2) is 51.2 Å². The summed E-state index contributed by atoms with van der Waals surface area (Å²) in [5, 5.41) is 11.6. The van der Waals surface area contributed by atoms with Gasteiger partial charge in [0.25, 0.3) is 11.7 Å². The molecule has 1 amide bonds. The van der Waals surface area contributed by atoms with Gasteiger partial charge >= 0.3 is 0 Å². The summed E-state index contributed by atoms with van der Waals surface area (Å²) in [6, 6.07) is 18.6. The van der Waals surface area contributed by atoms with Crippen LogP contribution in [0.1, 0.15) is 31.0 Å². The Kier molecular flexibility index (Phi) is 7.90. The number of hydrogen-bond donors (Lipinski definition) is 1. The molecule has 1 aliphatic rings. The van der Waals surface area contributed by atoms with Crippen molar-refractivity contribution in [3.05, 3.63) is 83.4 Å². The Labute approximate surface area is 222 Å². The molecule has 0 aliphatic carbocycles. The van der Waals surface area contributed by atoms with E-state index in [1.807, 2.05) is 24.3 Å². The molecule has 8 heteroatoms. The van der Waals surface area contributed by atoms with E-state index in [1.54, 1.807) is 42.5 Å². The third-order valence-electron chi connectivity index (χ3n) is 6.78. The fourth-order valence-corrected chi connectivity index (χ4v) is 4.77. The molecule has 0 radical (unpaired) electrons. The Morgan fingerprint density at radius 1 is 0.868 bits per heavy atom. The number of anilines is 2. The van der Waals surface area contributed by atoms with Crippen molar-refractivity contribution in [3.8, 4) is 17.2 Å². The van der Waals surface area contributed by atoms with Crippen LogP contribution in [0.4, 0.5) is 11.4 Å². The van der Waals surface area contributed by atoms with Crippen molar-refractivity contribution in [2.24, 2.45) is 0 Å². The van der Waals surface area contributed by atoms with E-state index in [9.17, 15) is 14.7 Å². The third kappa shape index (κ3) is 4.77. The molecule has 198 valence electrons. The van der Waals surface area contributed by atoms with Crippen LogP contribution in [0.2, 0.25) is 0 Å². The Morgan fingerprint density at radius 3 is 2.13 bits per heavy atom. The van der Waals surface area contributed by atoms with E-state index in [2.05, 4.69) is 18.7 Å². The summed E-state index contributed by atoms with van der Waals surface area (Å²) in [7, 11) is 4.51. The number of benzene rings is 3. The van der Waals surface area contributed by atoms with Crippen molar-refractivity contribution in [2.75, 3.05) is 44.2 Å². The van der Waals surface area contributed by atoms with Gasteiger partial charge in [0.05, 0.1) is 38.5 Å². The number of Topliss-reactive ketones (excluding diaryl/α,β-unsaturated/α-hetero) is 1. The van der Waals surface area contributed by atoms with E-state index in [-0.39, 0.29) is 16.9 Å². The van der Waals surface area contributed by atoms with Gasteiger partial charge in [0.2, 0.25) is 0 Å². The first-order valence-corrected chi connectivity index (χ1v) is 12.4. The topological polar surface area (TPSA) is 88.5 Å². The monoisotopic (exact) mass is 516 g/mol. The van der Waals surface area contributed by atoms with Gasteiger partial charge in [-0.3, -0.25) is 14.5 Å². The lowest BCUT2D eigenvalue weighted by Gasteiger charge is -2.27. The van der Waals surface area contributed by atoms with Crippen LogP contribution in [0.5, 0.6) is 17.2 Å². The molecule has 8 nitrogen and oxygen atoms in total. The summed E-state index contributed by atoms with van der Waals surface area (Å²) >= 11 is 0. The van der Waals surface area contributed by atoms with E-state index in [0.29, 0.717) is 28.5 Å². The molecule has 0 spiro atoms. The van der Waals surface area contributed by atoms with Crippen molar-refractivity contribution < 1.29 is 28.9 Å². The Balaban J connectivity index is 1.95. The molecule has 1 saturated heterocycles. The summed E-state index contributed by atoms with van der Waals surface area (Å²) < 4.78 is 16.1. The average molecular weight is 517 g/mol. The predicted octanol–water partition coefficient (Wildman–Crippen LogP) is 5.18. The number of rotatable bonds is 9. The first-order valence-electron chi connectivity index (χ1n) is 12.4. The highest BCUT2D eigenvalue weighted by Gasteiger charge is 2.47. The fraction of sp³-hybridized carbons (Fsp3) is 0.267. The second-order valence-electron chi connectivity index (χ2n) is 8.70. The lowest BCUT2D eigenvalue weighted by molar-refractivity contribution is -0.132. The van der Waals surface area contributed by atoms with E-state index in [4.69, 9.17) is 14.2 Å². The van der Waals surface area contributed by atoms with Gasteiger partial charge in [-0.2, -0.15) is 0 Å². The van der Waals surface area contributed by atoms with Crippen LogP contribution < -0.4 is 24.0 Å². The number of ketones is 1. The number of carbonyl (C=O) groups excluding carboxylic acids is 2. The van der Waals surface area contributed by atoms with Crippen molar-refractivity contribution >= 4 is 28.8 Å². The summed E-state index contributed by atoms with van der Waals surface area (Å²) in [5.41, 5.74) is 2.37. The molecule has 1 aliphatic heterocycles. The van der Waals surface area contributed by atoms with E-state index < -0.39 is 17.7 Å². The average Bonchev–Trinajstić information content (AvgIpc) is 3.23. The number of aliphatic hydroxyl groups is 1. The lowest BCUT2D eigenvalue weighted by atomic mass is 9.94. The molecule has 1 atom stereocenters. The standard InChI is InChI=1S/C30H32N2O6/c1-6-31(7-2)20-13-11-19(12-14-20)27-26(28(33)24-18-23(37-4)15-16-25(24)38-5)29(34)30(35)32(27)21-9-8-10-22(17-21)36-3/h8-18,27,33H,6-7H2,1-5H3/b28-26+. The maximum atomic E-state index is 13.5. The van der Waals surface area contributed by atoms with Crippen LogP contribution in [0.25, 0.3) is 5.76 Å². The van der Waals surface area contributed by atoms with Crippen molar-refractivity contribution in [1.29, 1.82) is 0 Å². The number of amides is 1. The van der Waals surface area contributed by atoms with Crippen LogP contribution in [-0.2, 0) is 9.59 Å². The number of carbonyl (C=O) groups is 2. The number of ether oxygens (including phenoxy) is 3. The highest BCUT2D eigenvalue weighted by molar-refractivity contribution is 6.51. The number of methoxy groups -OCH3 is 3. The fourth-order valence-electron chi connectivity index (χ4n) is 4.77. The number of nitrogens with zero attached hydrogens (tertiary/aromatic N) is 2. The van der Waals surface area contributed by atoms with Crippen molar-refractivity contribution in [3.63, 3.8) is 0 Å². The molecular formula is C30H32N2O6. The second kappa shape index (κ2) is 11.3. The van der Waals surface area contributed by atoms with Gasteiger partial charge in [-0.15, -0.1) is 0 Å². The maximum absolute atomic E-state index is 13.5. The van der Waals surface area contributed by atoms with Crippen LogP contribution in [0, 0.1) is 0 Å². The van der Waals surface area contributed by atoms with Gasteiger partial charge in [-0.05, 0) is 61.9 Å². The first kappa shape index (κ1) is 26.6. The van der Waals surface area contributed by atoms with Crippen molar-refractivity contribution in [2.45, 2.75) is 19.9 Å². The normalized spacial score (nSPS) is 16.4. The molecule has 3 aromatic rings. The molecule has 3 aromatic carbocycles. The van der Waals surface area contributed by atoms with Gasteiger partial charge in [0, 0.05) is 30.5 Å². The summed E-state index contributed by atoms with van der Waals surface area (Å²) in [6.07, 6.45) is 0. The van der Waals surface area contributed by atoms with Gasteiger partial charge in [0.1, 0.15) is 23.0 Å². The second-order valence-corrected chi connectivity index (χ2v) is 8.70. The minimum atomic E-state index is -0.885. The van der Waals surface area contributed by atoms with Gasteiger partial charge in [-0.1, -0.05) is 18.2 Å². The smallest absolute Gasteiger partial charge is 0.300 e. The van der Waals surface area contributed by atoms with Crippen LogP contribution >= 0.6 is 0 Å². The SMILES string of the molecule is CCN(CC)c1ccc(C2/C(=C(\O)c3cc(OC)ccc3OC)C(=O)C(=O)N2c2cccc(OC)c2)cc1. The predicted molar refractivity (Wildman–Crippen MR) is 147 cm³/mol. The molecule has 0 saturated carbocycles. The molecule has 38 heavy (non-hydrogen) atoms. The van der Waals surface area contributed by atoms with Crippen LogP contribution in [0.15, 0.2) is 72.3 Å². The summed E-state index contributed by atoms with van der Waals surface area (Å²) in [6.45, 7) is 5.84. The summed E-state index contributed by atoms with van der Waals surface area (Å²) in [5.74, 6) is -0.551. The zero-order chi connectivity index (χ0) is 27.4. The van der Waals surface area contributed by atoms with E-state index in [0.717, 1.165) is 18.8 Å². The number of hydrogen-bond acceptors (Lipinski definition) is 7. The van der Waals surface area contributed by atoms with Crippen LogP contribution in [0.3, 0.4) is 0 Å². The maximum Gasteiger partial charge on any atom is 0.300 e. The van der Waals surface area contributed by atoms with Gasteiger partial charge < -0.3 is 24.2 Å². The minimum Gasteiger partial charge on any atom is -0.507 e. The quantitative estimate of drug-likeness (QED) is 0.238. The highest BCUT2D eigenvalue weighted by Crippen LogP contribution is 2.44. The Bertz CT molecular complexity index is 1360. The molecule has 0 aromatic heterocycles. The van der Waals surface area contributed by atoms with E-state index >= 15 is 0 Å². The lowest BCUT2D eigenvalue weighted by Crippen LogP contribution is -2.29. The molecule has 4 rings (SSSR count). The largest absolute Gasteiger partial charge is 0.507 e. The molecule has 1 N–H and O–H groups in total. The zero-order valence-electron chi connectivity index (χ0n) is 22.2. The minimum absolute atomic E-state index is 0.0417. The Morgan fingerprint density at radius 2 is 1.53 bits per heavy atom. The van der Waals surface area contributed by atoms with E-state index in [1.165, 1.54) is 26.2 Å². The van der Waals surface area contributed by atoms with Crippen molar-refractivity contribution in [1.82, 2.24) is 0 Å². The van der Waals surface area contributed by atoms with Gasteiger partial charge in [0.15, 0.2) is 0 Å². The molecular weight excluding hydrogens is 484 g/mol. The highest BCUT2D eigenvalue weighted by atomic mass is 16.5. The Hall–Kier alpha value is -4.46. The number of aliphatic hydroxyl groups excluding tert-OH is 1. The molecule has 1 fully saturated rings.